The van der Waals surface area contributed by atoms with Crippen LogP contribution >= 0.6 is 0 Å². The molecule has 2 fully saturated rings. The number of nitrogens with one attached hydrogen (secondary N) is 1. The van der Waals surface area contributed by atoms with Gasteiger partial charge in [0, 0.05) is 38.5 Å². The smallest absolute Gasteiger partial charge is 0.253 e. The Morgan fingerprint density at radius 2 is 1.83 bits per heavy atom. The lowest BCUT2D eigenvalue weighted by Crippen LogP contribution is -2.46. The van der Waals surface area contributed by atoms with E-state index in [1.165, 1.54) is 4.31 Å². The molecule has 0 saturated carbocycles. The van der Waals surface area contributed by atoms with E-state index in [1.807, 2.05) is 7.05 Å². The number of likely N-dealkylation sites (N-methyl/N-ethyl adjacent to an activating group) is 1. The summed E-state index contributed by atoms with van der Waals surface area (Å²) in [6, 6.07) is 6.32. The Labute approximate surface area is 142 Å². The summed E-state index contributed by atoms with van der Waals surface area (Å²) in [5.74, 6) is -0.179. The molecule has 2 aliphatic rings. The number of piperazine rings is 1. The highest BCUT2D eigenvalue weighted by molar-refractivity contribution is 7.89. The van der Waals surface area contributed by atoms with E-state index in [-0.39, 0.29) is 10.8 Å². The second kappa shape index (κ2) is 7.18. The number of anilines is 1. The number of carbonyl (C=O) groups excluding carboxylic acids is 1. The number of amides is 1. The molecule has 8 heteroatoms. The maximum absolute atomic E-state index is 12.6. The molecule has 132 valence electrons. The molecule has 0 unspecified atom stereocenters. The Bertz CT molecular complexity index is 676. The Morgan fingerprint density at radius 1 is 1.17 bits per heavy atom. The minimum atomic E-state index is -3.48. The molecular weight excluding hydrogens is 330 g/mol. The van der Waals surface area contributed by atoms with Gasteiger partial charge in [-0.05, 0) is 44.2 Å². The summed E-state index contributed by atoms with van der Waals surface area (Å²) >= 11 is 0. The van der Waals surface area contributed by atoms with Gasteiger partial charge in [-0.2, -0.15) is 4.31 Å². The van der Waals surface area contributed by atoms with E-state index in [0.29, 0.717) is 25.4 Å². The van der Waals surface area contributed by atoms with Crippen molar-refractivity contribution < 1.29 is 17.9 Å². The first-order valence-electron chi connectivity index (χ1n) is 8.18. The van der Waals surface area contributed by atoms with E-state index in [1.54, 1.807) is 24.3 Å². The minimum Gasteiger partial charge on any atom is -0.368 e. The molecule has 2 heterocycles. The molecule has 0 spiro atoms. The third-order valence-corrected chi connectivity index (χ3v) is 6.36. The lowest BCUT2D eigenvalue weighted by molar-refractivity contribution is -0.124. The number of benzene rings is 1. The molecule has 0 bridgehead atoms. The van der Waals surface area contributed by atoms with Crippen molar-refractivity contribution in [2.24, 2.45) is 0 Å². The highest BCUT2D eigenvalue weighted by atomic mass is 32.2. The van der Waals surface area contributed by atoms with Crippen LogP contribution in [0.2, 0.25) is 0 Å². The third-order valence-electron chi connectivity index (χ3n) is 4.44. The lowest BCUT2D eigenvalue weighted by atomic mass is 10.2. The van der Waals surface area contributed by atoms with Gasteiger partial charge in [-0.25, -0.2) is 8.42 Å². The monoisotopic (exact) mass is 353 g/mol. The van der Waals surface area contributed by atoms with Crippen LogP contribution in [-0.2, 0) is 19.6 Å². The zero-order valence-corrected chi connectivity index (χ0v) is 14.6. The number of sulfonamides is 1. The van der Waals surface area contributed by atoms with E-state index in [2.05, 4.69) is 10.2 Å². The normalized spacial score (nSPS) is 23.3. The topological polar surface area (TPSA) is 79.0 Å². The zero-order chi connectivity index (χ0) is 17.2. The average molecular weight is 353 g/mol. The first-order valence-corrected chi connectivity index (χ1v) is 9.62. The van der Waals surface area contributed by atoms with Crippen molar-refractivity contribution in [1.29, 1.82) is 0 Å². The van der Waals surface area contributed by atoms with Crippen molar-refractivity contribution in [3.05, 3.63) is 24.3 Å². The van der Waals surface area contributed by atoms with Crippen LogP contribution in [0, 0.1) is 0 Å². The van der Waals surface area contributed by atoms with Gasteiger partial charge in [0.1, 0.15) is 6.10 Å². The number of carbonyl (C=O) groups is 1. The van der Waals surface area contributed by atoms with E-state index in [0.717, 1.165) is 25.9 Å². The first kappa shape index (κ1) is 17.3. The Morgan fingerprint density at radius 3 is 2.42 bits per heavy atom. The van der Waals surface area contributed by atoms with Crippen molar-refractivity contribution in [3.8, 4) is 0 Å². The van der Waals surface area contributed by atoms with Gasteiger partial charge in [-0.15, -0.1) is 0 Å². The largest absolute Gasteiger partial charge is 0.368 e. The van der Waals surface area contributed by atoms with Gasteiger partial charge in [0.15, 0.2) is 0 Å². The van der Waals surface area contributed by atoms with E-state index < -0.39 is 16.1 Å². The summed E-state index contributed by atoms with van der Waals surface area (Å²) in [5, 5.41) is 2.77. The second-order valence-electron chi connectivity index (χ2n) is 6.22. The highest BCUT2D eigenvalue weighted by Gasteiger charge is 2.27. The third kappa shape index (κ3) is 3.77. The number of nitrogens with zero attached hydrogens (tertiary/aromatic N) is 2. The molecular formula is C16H23N3O4S. The number of hydrogen-bond acceptors (Lipinski definition) is 5. The average Bonchev–Trinajstić information content (AvgIpc) is 3.10. The molecule has 1 amide bonds. The van der Waals surface area contributed by atoms with E-state index in [9.17, 15) is 13.2 Å². The van der Waals surface area contributed by atoms with Crippen LogP contribution in [0.15, 0.2) is 29.2 Å². The predicted octanol–water partition coefficient (Wildman–Crippen LogP) is 0.740. The first-order chi connectivity index (χ1) is 11.5. The van der Waals surface area contributed by atoms with Crippen LogP contribution in [0.3, 0.4) is 0 Å². The van der Waals surface area contributed by atoms with Crippen LogP contribution in [0.5, 0.6) is 0 Å². The second-order valence-corrected chi connectivity index (χ2v) is 8.16. The Balaban J connectivity index is 1.66. The van der Waals surface area contributed by atoms with Crippen LogP contribution in [-0.4, -0.2) is 69.5 Å². The van der Waals surface area contributed by atoms with Gasteiger partial charge in [0.25, 0.3) is 5.91 Å². The molecule has 2 saturated heterocycles. The van der Waals surface area contributed by atoms with Gasteiger partial charge in [-0.1, -0.05) is 0 Å². The molecule has 3 rings (SSSR count). The van der Waals surface area contributed by atoms with Crippen molar-refractivity contribution in [3.63, 3.8) is 0 Å². The summed E-state index contributed by atoms with van der Waals surface area (Å²) in [6.45, 7) is 3.07. The number of ether oxygens (including phenoxy) is 1. The zero-order valence-electron chi connectivity index (χ0n) is 13.8. The van der Waals surface area contributed by atoms with Crippen molar-refractivity contribution in [2.45, 2.75) is 23.8 Å². The van der Waals surface area contributed by atoms with Crippen molar-refractivity contribution in [2.75, 3.05) is 45.2 Å². The maximum atomic E-state index is 12.6. The lowest BCUT2D eigenvalue weighted by Gasteiger charge is -2.31. The van der Waals surface area contributed by atoms with Crippen LogP contribution in [0.1, 0.15) is 12.8 Å². The molecule has 1 aromatic rings. The van der Waals surface area contributed by atoms with Gasteiger partial charge >= 0.3 is 0 Å². The van der Waals surface area contributed by atoms with Crippen molar-refractivity contribution in [1.82, 2.24) is 9.21 Å². The van der Waals surface area contributed by atoms with Gasteiger partial charge in [-0.3, -0.25) is 4.79 Å². The molecule has 1 aromatic carbocycles. The summed E-state index contributed by atoms with van der Waals surface area (Å²) < 4.78 is 32.1. The van der Waals surface area contributed by atoms with E-state index >= 15 is 0 Å². The summed E-state index contributed by atoms with van der Waals surface area (Å²) in [4.78, 5) is 14.4. The molecule has 1 atom stereocenters. The quantitative estimate of drug-likeness (QED) is 0.864. The number of hydrogen-bond donors (Lipinski definition) is 1. The number of rotatable bonds is 4. The fraction of sp³-hybridized carbons (Fsp3) is 0.562. The van der Waals surface area contributed by atoms with Gasteiger partial charge in [0.05, 0.1) is 4.90 Å². The SMILES string of the molecule is CN1CCN(S(=O)(=O)c2ccc(NC(=O)[C@H]3CCCO3)cc2)CC1. The molecule has 24 heavy (non-hydrogen) atoms. The molecule has 0 aliphatic carbocycles. The molecule has 2 aliphatic heterocycles. The Kier molecular flexibility index (Phi) is 5.19. The maximum Gasteiger partial charge on any atom is 0.253 e. The Hall–Kier alpha value is -1.48. The fourth-order valence-corrected chi connectivity index (χ4v) is 4.32. The fourth-order valence-electron chi connectivity index (χ4n) is 2.89. The molecule has 1 N–H and O–H groups in total. The standard InChI is InChI=1S/C16H23N3O4S/c1-18-8-10-19(11-9-18)24(21,22)14-6-4-13(5-7-14)17-16(20)15-3-2-12-23-15/h4-7,15H,2-3,8-12H2,1H3,(H,17,20)/t15-/m1/s1. The van der Waals surface area contributed by atoms with Gasteiger partial charge < -0.3 is 15.0 Å². The molecule has 0 radical (unpaired) electrons. The summed E-state index contributed by atoms with van der Waals surface area (Å²) in [5.41, 5.74) is 0.577. The van der Waals surface area contributed by atoms with E-state index in [4.69, 9.17) is 4.74 Å². The van der Waals surface area contributed by atoms with Crippen LogP contribution in [0.4, 0.5) is 5.69 Å². The highest BCUT2D eigenvalue weighted by Crippen LogP contribution is 2.20. The minimum absolute atomic E-state index is 0.179. The predicted molar refractivity (Wildman–Crippen MR) is 90.3 cm³/mol. The molecule has 0 aromatic heterocycles. The summed E-state index contributed by atoms with van der Waals surface area (Å²) in [7, 11) is -1.50. The van der Waals surface area contributed by atoms with Gasteiger partial charge in [0.2, 0.25) is 10.0 Å². The molecule has 7 nitrogen and oxygen atoms in total. The van der Waals surface area contributed by atoms with Crippen molar-refractivity contribution >= 4 is 21.6 Å². The van der Waals surface area contributed by atoms with Crippen LogP contribution < -0.4 is 5.32 Å². The van der Waals surface area contributed by atoms with Crippen LogP contribution in [0.25, 0.3) is 0 Å². The summed E-state index contributed by atoms with van der Waals surface area (Å²) in [6.07, 6.45) is 1.21.